The second-order valence-corrected chi connectivity index (χ2v) is 9.35. The molecule has 2 aliphatic heterocycles. The predicted octanol–water partition coefficient (Wildman–Crippen LogP) is 3.17. The van der Waals surface area contributed by atoms with E-state index in [2.05, 4.69) is 93.7 Å². The topological polar surface area (TPSA) is 59.0 Å². The normalized spacial score (nSPS) is 21.9. The first-order chi connectivity index (χ1) is 16.1. The second-order valence-electron chi connectivity index (χ2n) is 9.35. The van der Waals surface area contributed by atoms with Crippen molar-refractivity contribution >= 4 is 35.8 Å². The smallest absolute Gasteiger partial charge is 0.191 e. The van der Waals surface area contributed by atoms with Crippen LogP contribution >= 0.6 is 24.0 Å². The van der Waals surface area contributed by atoms with E-state index in [-0.39, 0.29) is 24.0 Å². The molecule has 186 valence electrons. The molecule has 1 aromatic carbocycles. The van der Waals surface area contributed by atoms with Gasteiger partial charge in [-0.2, -0.15) is 0 Å². The minimum atomic E-state index is 0. The van der Waals surface area contributed by atoms with Crippen LogP contribution in [-0.2, 0) is 13.1 Å². The molecule has 8 heteroatoms. The van der Waals surface area contributed by atoms with Gasteiger partial charge in [0.15, 0.2) is 5.96 Å². The zero-order valence-electron chi connectivity index (χ0n) is 20.8. The number of guanidine groups is 1. The summed E-state index contributed by atoms with van der Waals surface area (Å²) in [6, 6.07) is 16.0. The van der Waals surface area contributed by atoms with Crippen molar-refractivity contribution < 1.29 is 0 Å². The molecule has 0 aliphatic carbocycles. The third-order valence-corrected chi connectivity index (χ3v) is 6.67. The molecule has 1 aromatic heterocycles. The number of benzene rings is 1. The van der Waals surface area contributed by atoms with E-state index in [0.29, 0.717) is 18.6 Å². The van der Waals surface area contributed by atoms with Crippen LogP contribution in [0.1, 0.15) is 31.4 Å². The van der Waals surface area contributed by atoms with Gasteiger partial charge in [-0.25, -0.2) is 9.98 Å². The molecule has 0 bridgehead atoms. The van der Waals surface area contributed by atoms with E-state index >= 15 is 0 Å². The van der Waals surface area contributed by atoms with E-state index in [1.54, 1.807) is 0 Å². The van der Waals surface area contributed by atoms with E-state index in [1.807, 2.05) is 6.20 Å². The van der Waals surface area contributed by atoms with E-state index in [1.165, 1.54) is 11.1 Å². The van der Waals surface area contributed by atoms with Gasteiger partial charge in [0.1, 0.15) is 5.82 Å². The fraction of sp³-hybridized carbons (Fsp3) is 0.538. The molecule has 2 atom stereocenters. The van der Waals surface area contributed by atoms with Gasteiger partial charge in [0.05, 0.1) is 6.54 Å². The van der Waals surface area contributed by atoms with E-state index in [0.717, 1.165) is 64.0 Å². The van der Waals surface area contributed by atoms with Gasteiger partial charge in [-0.05, 0) is 50.6 Å². The Hall–Kier alpha value is -1.91. The third kappa shape index (κ3) is 7.55. The quantitative estimate of drug-likeness (QED) is 0.300. The lowest BCUT2D eigenvalue weighted by Gasteiger charge is -2.33. The summed E-state index contributed by atoms with van der Waals surface area (Å²) in [6.45, 7) is 12.2. The highest BCUT2D eigenvalue weighted by molar-refractivity contribution is 14.0. The van der Waals surface area contributed by atoms with Gasteiger partial charge in [0.25, 0.3) is 0 Å². The fourth-order valence-electron chi connectivity index (χ4n) is 4.69. The lowest BCUT2D eigenvalue weighted by molar-refractivity contribution is 0.258. The molecule has 34 heavy (non-hydrogen) atoms. The average molecular weight is 578 g/mol. The number of piperazine rings is 1. The van der Waals surface area contributed by atoms with Crippen molar-refractivity contribution in [3.8, 4) is 0 Å². The maximum Gasteiger partial charge on any atom is 0.191 e. The Morgan fingerprint density at radius 2 is 1.85 bits per heavy atom. The molecule has 3 heterocycles. The summed E-state index contributed by atoms with van der Waals surface area (Å²) in [5.41, 5.74) is 2.57. The molecule has 0 saturated carbocycles. The fourth-order valence-corrected chi connectivity index (χ4v) is 4.69. The zero-order valence-corrected chi connectivity index (χ0v) is 23.1. The van der Waals surface area contributed by atoms with Crippen LogP contribution in [0, 0.1) is 0 Å². The number of likely N-dealkylation sites (tertiary alicyclic amines) is 1. The Balaban J connectivity index is 0.00000324. The maximum absolute atomic E-state index is 4.90. The molecule has 2 fully saturated rings. The highest BCUT2D eigenvalue weighted by Gasteiger charge is 2.29. The van der Waals surface area contributed by atoms with Crippen molar-refractivity contribution in [2.24, 2.45) is 4.99 Å². The Morgan fingerprint density at radius 3 is 2.59 bits per heavy atom. The molecular formula is C26H40IN7. The number of hydrogen-bond acceptors (Lipinski definition) is 5. The van der Waals surface area contributed by atoms with Crippen LogP contribution in [-0.4, -0.2) is 79.1 Å². The number of nitrogens with zero attached hydrogens (tertiary/aromatic N) is 5. The number of nitrogens with one attached hydrogen (secondary N) is 2. The largest absolute Gasteiger partial charge is 0.357 e. The third-order valence-electron chi connectivity index (χ3n) is 6.67. The first kappa shape index (κ1) is 26.7. The minimum Gasteiger partial charge on any atom is -0.357 e. The van der Waals surface area contributed by atoms with Crippen molar-refractivity contribution in [2.75, 3.05) is 51.2 Å². The Labute approximate surface area is 222 Å². The average Bonchev–Trinajstić information content (AvgIpc) is 3.17. The van der Waals surface area contributed by atoms with Gasteiger partial charge in [-0.3, -0.25) is 4.90 Å². The summed E-state index contributed by atoms with van der Waals surface area (Å²) in [7, 11) is 2.18. The van der Waals surface area contributed by atoms with Gasteiger partial charge >= 0.3 is 0 Å². The first-order valence-electron chi connectivity index (χ1n) is 12.3. The summed E-state index contributed by atoms with van der Waals surface area (Å²) in [6.07, 6.45) is 3.04. The van der Waals surface area contributed by atoms with Crippen molar-refractivity contribution in [3.05, 3.63) is 59.8 Å². The number of pyridine rings is 1. The highest BCUT2D eigenvalue weighted by Crippen LogP contribution is 2.20. The number of anilines is 1. The van der Waals surface area contributed by atoms with Crippen LogP contribution in [0.25, 0.3) is 0 Å². The van der Waals surface area contributed by atoms with Crippen molar-refractivity contribution in [1.29, 1.82) is 0 Å². The monoisotopic (exact) mass is 577 g/mol. The van der Waals surface area contributed by atoms with Crippen molar-refractivity contribution in [3.63, 3.8) is 0 Å². The molecule has 4 rings (SSSR count). The SMILES string of the molecule is CCNC(=NCc1ccnc(N2CCN(C)CC2)c1)NC1CC(C)N(Cc2ccccc2)C1.I. The number of halogens is 1. The molecule has 0 radical (unpaired) electrons. The van der Waals surface area contributed by atoms with Crippen LogP contribution in [0.2, 0.25) is 0 Å². The number of aliphatic imine (C=N–C) groups is 1. The predicted molar refractivity (Wildman–Crippen MR) is 152 cm³/mol. The van der Waals surface area contributed by atoms with Crippen LogP contribution in [0.4, 0.5) is 5.82 Å². The second kappa shape index (κ2) is 13.3. The van der Waals surface area contributed by atoms with E-state index in [9.17, 15) is 0 Å². The molecule has 7 nitrogen and oxygen atoms in total. The summed E-state index contributed by atoms with van der Waals surface area (Å²) in [5.74, 6) is 1.96. The van der Waals surface area contributed by atoms with Gasteiger partial charge in [-0.1, -0.05) is 30.3 Å². The summed E-state index contributed by atoms with van der Waals surface area (Å²) >= 11 is 0. The lowest BCUT2D eigenvalue weighted by atomic mass is 10.2. The molecule has 2 unspecified atom stereocenters. The van der Waals surface area contributed by atoms with Crippen molar-refractivity contribution in [1.82, 2.24) is 25.4 Å². The van der Waals surface area contributed by atoms with Gasteiger partial charge in [0, 0.05) is 64.1 Å². The first-order valence-corrected chi connectivity index (χ1v) is 12.3. The van der Waals surface area contributed by atoms with E-state index < -0.39 is 0 Å². The van der Waals surface area contributed by atoms with Gasteiger partial charge < -0.3 is 20.4 Å². The van der Waals surface area contributed by atoms with Crippen LogP contribution in [0.3, 0.4) is 0 Å². The van der Waals surface area contributed by atoms with Gasteiger partial charge in [0.2, 0.25) is 0 Å². The number of aromatic nitrogens is 1. The van der Waals surface area contributed by atoms with Gasteiger partial charge in [-0.15, -0.1) is 24.0 Å². The summed E-state index contributed by atoms with van der Waals surface area (Å²) < 4.78 is 0. The summed E-state index contributed by atoms with van der Waals surface area (Å²) in [4.78, 5) is 16.8. The van der Waals surface area contributed by atoms with Crippen LogP contribution < -0.4 is 15.5 Å². The Kier molecular flexibility index (Phi) is 10.4. The number of rotatable bonds is 7. The number of hydrogen-bond donors (Lipinski definition) is 2. The van der Waals surface area contributed by atoms with Crippen molar-refractivity contribution in [2.45, 2.75) is 45.4 Å². The molecule has 0 spiro atoms. The van der Waals surface area contributed by atoms with Crippen LogP contribution in [0.5, 0.6) is 0 Å². The highest BCUT2D eigenvalue weighted by atomic mass is 127. The zero-order chi connectivity index (χ0) is 23.0. The minimum absolute atomic E-state index is 0. The molecule has 2 aliphatic rings. The molecule has 0 amide bonds. The number of likely N-dealkylation sites (N-methyl/N-ethyl adjacent to an activating group) is 1. The molecular weight excluding hydrogens is 537 g/mol. The molecule has 2 saturated heterocycles. The summed E-state index contributed by atoms with van der Waals surface area (Å²) in [5, 5.41) is 7.11. The lowest BCUT2D eigenvalue weighted by Crippen LogP contribution is -2.45. The standard InChI is InChI=1S/C26H39N7.HI/c1-4-27-26(30-24-16-21(2)33(20-24)19-22-8-6-5-7-9-22)29-18-23-10-11-28-25(17-23)32-14-12-31(3)13-15-32;/h5-11,17,21,24H,4,12-16,18-20H2,1-3H3,(H2,27,29,30);1H. The molecule has 2 N–H and O–H groups in total. The Morgan fingerprint density at radius 1 is 1.09 bits per heavy atom. The molecule has 2 aromatic rings. The Bertz CT molecular complexity index is 899. The maximum atomic E-state index is 4.90. The van der Waals surface area contributed by atoms with Crippen LogP contribution in [0.15, 0.2) is 53.7 Å². The van der Waals surface area contributed by atoms with E-state index in [4.69, 9.17) is 4.99 Å².